The molecule has 8 nitrogen and oxygen atoms in total. The van der Waals surface area contributed by atoms with Crippen molar-refractivity contribution in [1.29, 1.82) is 0 Å². The number of ether oxygens (including phenoxy) is 2. The lowest BCUT2D eigenvalue weighted by Gasteiger charge is -2.15. The molecule has 1 unspecified atom stereocenters. The second kappa shape index (κ2) is 13.1. The van der Waals surface area contributed by atoms with Gasteiger partial charge in [0.05, 0.1) is 36.8 Å². The third-order valence-corrected chi connectivity index (χ3v) is 5.91. The molecule has 0 saturated carbocycles. The van der Waals surface area contributed by atoms with Gasteiger partial charge >= 0.3 is 12.1 Å². The van der Waals surface area contributed by atoms with Crippen LogP contribution in [0.3, 0.4) is 0 Å². The summed E-state index contributed by atoms with van der Waals surface area (Å²) in [5, 5.41) is 5.10. The van der Waals surface area contributed by atoms with Gasteiger partial charge < -0.3 is 20.1 Å². The zero-order valence-electron chi connectivity index (χ0n) is 21.3. The minimum atomic E-state index is -2.83. The Bertz CT molecular complexity index is 1390. The molecule has 12 heteroatoms. The number of amides is 1. The van der Waals surface area contributed by atoms with Crippen molar-refractivity contribution in [2.24, 2.45) is 0 Å². The number of alkyl halides is 2. The second-order valence-electron chi connectivity index (χ2n) is 8.70. The normalized spacial score (nSPS) is 14.5. The molecular formula is C27H26F3N3O5S. The Hall–Kier alpha value is -4.11. The molecule has 0 radical (unpaired) electrons. The minimum absolute atomic E-state index is 0.00326. The van der Waals surface area contributed by atoms with E-state index >= 15 is 4.39 Å². The third-order valence-electron chi connectivity index (χ3n) is 5.59. The number of hydrogen-bond acceptors (Lipinski definition) is 7. The zero-order valence-corrected chi connectivity index (χ0v) is 22.2. The number of thiocarbonyl (C=S) groups is 1. The summed E-state index contributed by atoms with van der Waals surface area (Å²) in [4.78, 5) is 37.3. The Balaban J connectivity index is 1.80. The maximum atomic E-state index is 15.0. The number of anilines is 3. The topological polar surface area (TPSA) is 97.0 Å². The van der Waals surface area contributed by atoms with Crippen LogP contribution in [0.1, 0.15) is 37.8 Å². The lowest BCUT2D eigenvalue weighted by Crippen LogP contribution is -2.36. The molecule has 2 aromatic carbocycles. The Morgan fingerprint density at radius 1 is 1.21 bits per heavy atom. The first-order chi connectivity index (χ1) is 18.5. The molecule has 2 N–H and O–H groups in total. The number of nitrogens with one attached hydrogen (secondary N) is 2. The lowest BCUT2D eigenvalue weighted by molar-refractivity contribution is -0.136. The molecule has 1 aliphatic heterocycles. The highest BCUT2D eigenvalue weighted by Gasteiger charge is 2.33. The molecule has 39 heavy (non-hydrogen) atoms. The summed E-state index contributed by atoms with van der Waals surface area (Å²) in [6, 6.07) is 8.28. The summed E-state index contributed by atoms with van der Waals surface area (Å²) >= 11 is 4.51. The van der Waals surface area contributed by atoms with Crippen LogP contribution in [0.15, 0.2) is 41.2 Å². The van der Waals surface area contributed by atoms with Crippen molar-refractivity contribution in [2.75, 3.05) is 29.9 Å². The predicted molar refractivity (Wildman–Crippen MR) is 144 cm³/mol. The predicted octanol–water partition coefficient (Wildman–Crippen LogP) is 4.47. The first-order valence-electron chi connectivity index (χ1n) is 12.0. The third kappa shape index (κ3) is 7.70. The zero-order chi connectivity index (χ0) is 28.7. The van der Waals surface area contributed by atoms with E-state index in [0.29, 0.717) is 11.1 Å². The van der Waals surface area contributed by atoms with Gasteiger partial charge in [0.25, 0.3) is 6.43 Å². The molecule has 1 atom stereocenters. The number of nitrogens with zero attached hydrogens (tertiary/aromatic N) is 1. The van der Waals surface area contributed by atoms with Crippen molar-refractivity contribution in [3.63, 3.8) is 0 Å². The van der Waals surface area contributed by atoms with E-state index < -0.39 is 40.8 Å². The van der Waals surface area contributed by atoms with E-state index in [1.807, 2.05) is 13.8 Å². The number of hydrogen-bond donors (Lipinski definition) is 2. The van der Waals surface area contributed by atoms with Crippen molar-refractivity contribution in [3.8, 4) is 11.8 Å². The van der Waals surface area contributed by atoms with Gasteiger partial charge in [-0.05, 0) is 54.8 Å². The molecule has 3 rings (SSSR count). The van der Waals surface area contributed by atoms with Crippen molar-refractivity contribution >= 4 is 46.3 Å². The molecule has 0 aliphatic carbocycles. The van der Waals surface area contributed by atoms with Crippen LogP contribution in [0, 0.1) is 17.7 Å². The van der Waals surface area contributed by atoms with Crippen LogP contribution in [-0.4, -0.2) is 49.3 Å². The number of esters is 1. The SMILES string of the molecule is CCOC(=O)C#Cc1ccc(Nc2ccc(N3CC(CNC(=S)C(F)F)OC3=O)cc2F)c(=O)cc1C(C)C. The fraction of sp³-hybridized carbons (Fsp3) is 0.333. The van der Waals surface area contributed by atoms with Crippen LogP contribution < -0.4 is 21.0 Å². The van der Waals surface area contributed by atoms with Crippen molar-refractivity contribution in [3.05, 3.63) is 63.6 Å². The monoisotopic (exact) mass is 561 g/mol. The number of cyclic esters (lactones) is 1. The van der Waals surface area contributed by atoms with Gasteiger partial charge in [-0.2, -0.15) is 0 Å². The van der Waals surface area contributed by atoms with Gasteiger partial charge in [0.2, 0.25) is 5.43 Å². The molecule has 1 saturated heterocycles. The second-order valence-corrected chi connectivity index (χ2v) is 9.14. The van der Waals surface area contributed by atoms with E-state index in [0.717, 1.165) is 11.0 Å². The van der Waals surface area contributed by atoms with E-state index in [2.05, 4.69) is 34.7 Å². The average Bonchev–Trinajstić information content (AvgIpc) is 3.17. The maximum absolute atomic E-state index is 15.0. The maximum Gasteiger partial charge on any atom is 0.414 e. The standard InChI is InChI=1S/C27H26F3N3O5S/c1-4-37-24(35)10-6-16-5-8-22(23(34)12-19(16)15(2)3)32-21-9-7-17(11-20(21)28)33-14-18(38-27(33)36)13-31-26(39)25(29)30/h5,7-9,11-12,15,18,25H,4,13-14H2,1-3H3,(H,31,39)(H,32,34). The van der Waals surface area contributed by atoms with Gasteiger partial charge in [-0.25, -0.2) is 22.8 Å². The summed E-state index contributed by atoms with van der Waals surface area (Å²) in [5.74, 6) is 3.58. The summed E-state index contributed by atoms with van der Waals surface area (Å²) in [6.45, 7) is 5.46. The summed E-state index contributed by atoms with van der Waals surface area (Å²) in [6.07, 6.45) is -4.36. The Kier molecular flexibility index (Phi) is 9.89. The van der Waals surface area contributed by atoms with Crippen LogP contribution in [0.4, 0.5) is 35.0 Å². The quantitative estimate of drug-likeness (QED) is 0.277. The molecule has 0 spiro atoms. The molecule has 0 aromatic heterocycles. The van der Waals surface area contributed by atoms with Crippen molar-refractivity contribution in [1.82, 2.24) is 5.32 Å². The number of carbonyl (C=O) groups is 2. The van der Waals surface area contributed by atoms with Gasteiger partial charge in [-0.1, -0.05) is 32.0 Å². The van der Waals surface area contributed by atoms with Gasteiger partial charge in [-0.3, -0.25) is 9.69 Å². The van der Waals surface area contributed by atoms with Crippen LogP contribution in [-0.2, 0) is 14.3 Å². The summed E-state index contributed by atoms with van der Waals surface area (Å²) in [5.41, 5.74) is 0.847. The smallest absolute Gasteiger partial charge is 0.414 e. The van der Waals surface area contributed by atoms with Crippen molar-refractivity contribution in [2.45, 2.75) is 39.2 Å². The van der Waals surface area contributed by atoms with E-state index in [-0.39, 0.29) is 42.7 Å². The van der Waals surface area contributed by atoms with E-state index in [4.69, 9.17) is 9.47 Å². The fourth-order valence-electron chi connectivity index (χ4n) is 3.67. The molecule has 1 fully saturated rings. The Labute approximate surface area is 228 Å². The first kappa shape index (κ1) is 29.4. The highest BCUT2D eigenvalue weighted by atomic mass is 32.1. The fourth-order valence-corrected chi connectivity index (χ4v) is 3.75. The lowest BCUT2D eigenvalue weighted by atomic mass is 10.00. The van der Waals surface area contributed by atoms with Gasteiger partial charge in [-0.15, -0.1) is 0 Å². The van der Waals surface area contributed by atoms with E-state index in [1.165, 1.54) is 24.3 Å². The van der Waals surface area contributed by atoms with Crippen LogP contribution in [0.2, 0.25) is 0 Å². The number of rotatable bonds is 8. The highest BCUT2D eigenvalue weighted by molar-refractivity contribution is 7.80. The molecule has 2 aromatic rings. The first-order valence-corrected chi connectivity index (χ1v) is 12.4. The highest BCUT2D eigenvalue weighted by Crippen LogP contribution is 2.27. The van der Waals surface area contributed by atoms with Crippen LogP contribution in [0.25, 0.3) is 0 Å². The van der Waals surface area contributed by atoms with Gasteiger partial charge in [0, 0.05) is 11.5 Å². The number of carbonyl (C=O) groups excluding carboxylic acids is 2. The van der Waals surface area contributed by atoms with Gasteiger partial charge in [0.1, 0.15) is 16.9 Å². The number of halogens is 3. The van der Waals surface area contributed by atoms with Crippen LogP contribution >= 0.6 is 12.2 Å². The van der Waals surface area contributed by atoms with E-state index in [9.17, 15) is 23.2 Å². The molecule has 1 amide bonds. The molecule has 206 valence electrons. The van der Waals surface area contributed by atoms with Crippen molar-refractivity contribution < 1.29 is 32.2 Å². The summed E-state index contributed by atoms with van der Waals surface area (Å²) < 4.78 is 50.1. The van der Waals surface area contributed by atoms with Gasteiger partial charge in [0.15, 0.2) is 0 Å². The molecule has 1 aliphatic rings. The summed E-state index contributed by atoms with van der Waals surface area (Å²) in [7, 11) is 0. The Morgan fingerprint density at radius 3 is 2.56 bits per heavy atom. The number of benzene rings is 1. The Morgan fingerprint density at radius 2 is 1.92 bits per heavy atom. The molecular weight excluding hydrogens is 535 g/mol. The largest absolute Gasteiger partial charge is 0.456 e. The average molecular weight is 562 g/mol. The molecule has 1 heterocycles. The van der Waals surface area contributed by atoms with E-state index in [1.54, 1.807) is 13.0 Å². The minimum Gasteiger partial charge on any atom is -0.456 e. The molecule has 0 bridgehead atoms. The van der Waals surface area contributed by atoms with Crippen LogP contribution in [0.5, 0.6) is 0 Å².